The van der Waals surface area contributed by atoms with E-state index in [9.17, 15) is 4.79 Å². The van der Waals surface area contributed by atoms with E-state index in [0.29, 0.717) is 5.69 Å². The van der Waals surface area contributed by atoms with Crippen molar-refractivity contribution in [3.05, 3.63) is 29.8 Å². The van der Waals surface area contributed by atoms with Gasteiger partial charge in [-0.1, -0.05) is 12.1 Å². The monoisotopic (exact) mass is 285 g/mol. The van der Waals surface area contributed by atoms with E-state index >= 15 is 0 Å². The number of methoxy groups -OCH3 is 1. The minimum Gasteiger partial charge on any atom is -0.474 e. The number of amides is 2. The summed E-state index contributed by atoms with van der Waals surface area (Å²) in [7, 11) is 1.44. The van der Waals surface area contributed by atoms with Crippen LogP contribution in [0.4, 0.5) is 10.5 Å². The van der Waals surface area contributed by atoms with Gasteiger partial charge in [0, 0.05) is 5.69 Å². The van der Waals surface area contributed by atoms with Gasteiger partial charge in [0.15, 0.2) is 0 Å². The molecule has 1 aromatic carbocycles. The Balaban J connectivity index is 2.33. The third-order valence-electron chi connectivity index (χ3n) is 2.11. The van der Waals surface area contributed by atoms with Gasteiger partial charge in [-0.3, -0.25) is 5.26 Å². The summed E-state index contributed by atoms with van der Waals surface area (Å²) in [4.78, 5) is 15.5. The third kappa shape index (κ3) is 6.00. The fourth-order valence-electron chi connectivity index (χ4n) is 1.20. The average molecular weight is 285 g/mol. The molecule has 0 bridgehead atoms. The van der Waals surface area contributed by atoms with Crippen molar-refractivity contribution in [2.45, 2.75) is 6.61 Å². The van der Waals surface area contributed by atoms with Crippen LogP contribution in [0.2, 0.25) is 0 Å². The lowest BCUT2D eigenvalue weighted by molar-refractivity contribution is -0.253. The highest BCUT2D eigenvalue weighted by atomic mass is 32.1. The van der Waals surface area contributed by atoms with Gasteiger partial charge in [-0.25, -0.2) is 9.68 Å². The van der Waals surface area contributed by atoms with Gasteiger partial charge in [0.2, 0.25) is 0 Å². The van der Waals surface area contributed by atoms with Crippen molar-refractivity contribution in [3.8, 4) is 0 Å². The van der Waals surface area contributed by atoms with Crippen LogP contribution in [-0.4, -0.2) is 30.2 Å². The van der Waals surface area contributed by atoms with Crippen LogP contribution in [0.25, 0.3) is 0 Å². The van der Waals surface area contributed by atoms with Crippen molar-refractivity contribution in [1.82, 2.24) is 10.6 Å². The Morgan fingerprint density at radius 2 is 2.00 bits per heavy atom. The van der Waals surface area contributed by atoms with E-state index in [4.69, 9.17) is 22.2 Å². The van der Waals surface area contributed by atoms with Crippen molar-refractivity contribution in [1.29, 1.82) is 0 Å². The molecule has 8 heteroatoms. The average Bonchev–Trinajstić information content (AvgIpc) is 2.41. The van der Waals surface area contributed by atoms with Gasteiger partial charge < -0.3 is 20.7 Å². The van der Waals surface area contributed by atoms with Gasteiger partial charge in [0.1, 0.15) is 6.61 Å². The van der Waals surface area contributed by atoms with E-state index in [0.717, 1.165) is 5.56 Å². The van der Waals surface area contributed by atoms with E-state index in [-0.39, 0.29) is 24.5 Å². The minimum atomic E-state index is -0.377. The Morgan fingerprint density at radius 3 is 2.58 bits per heavy atom. The molecule has 0 atom stereocenters. The topological polar surface area (TPSA) is 91.9 Å². The van der Waals surface area contributed by atoms with Crippen LogP contribution < -0.4 is 16.0 Å². The molecule has 0 aromatic heterocycles. The molecule has 0 unspecified atom stereocenters. The van der Waals surface area contributed by atoms with E-state index < -0.39 is 0 Å². The van der Waals surface area contributed by atoms with E-state index in [1.807, 2.05) is 0 Å². The second-order valence-electron chi connectivity index (χ2n) is 3.45. The SMILES string of the molecule is COC(=S)NCNC(=O)Nc1ccc(COO)cc1. The number of benzene rings is 1. The standard InChI is InChI=1S/C11H15N3O4S/c1-17-11(19)13-7-12-10(15)14-9-4-2-8(3-5-9)6-18-16/h2-5,16H,6-7H2,1H3,(H,13,19)(H2,12,14,15). The predicted octanol–water partition coefficient (Wildman–Crippen LogP) is 1.28. The smallest absolute Gasteiger partial charge is 0.320 e. The number of ether oxygens (including phenoxy) is 1. The molecule has 19 heavy (non-hydrogen) atoms. The Kier molecular flexibility index (Phi) is 6.58. The van der Waals surface area contributed by atoms with Gasteiger partial charge >= 0.3 is 6.03 Å². The summed E-state index contributed by atoms with van der Waals surface area (Å²) in [5.41, 5.74) is 1.41. The van der Waals surface area contributed by atoms with E-state index in [1.165, 1.54) is 7.11 Å². The molecule has 0 heterocycles. The van der Waals surface area contributed by atoms with Crippen LogP contribution in [0.1, 0.15) is 5.56 Å². The third-order valence-corrected chi connectivity index (χ3v) is 2.42. The summed E-state index contributed by atoms with van der Waals surface area (Å²) in [6.45, 7) is 0.264. The number of nitrogens with one attached hydrogen (secondary N) is 3. The molecule has 0 saturated heterocycles. The Hall–Kier alpha value is -1.90. The van der Waals surface area contributed by atoms with E-state index in [2.05, 4.69) is 20.8 Å². The van der Waals surface area contributed by atoms with Gasteiger partial charge in [0.05, 0.1) is 13.8 Å². The molecule has 0 aliphatic rings. The highest BCUT2D eigenvalue weighted by Crippen LogP contribution is 2.09. The number of carbonyl (C=O) groups excluding carboxylic acids is 1. The number of hydrogen-bond donors (Lipinski definition) is 4. The largest absolute Gasteiger partial charge is 0.474 e. The number of thiocarbonyl (C=S) groups is 1. The molecule has 7 nitrogen and oxygen atoms in total. The minimum absolute atomic E-state index is 0.102. The van der Waals surface area contributed by atoms with Crippen molar-refractivity contribution in [3.63, 3.8) is 0 Å². The van der Waals surface area contributed by atoms with Gasteiger partial charge in [0.25, 0.3) is 5.17 Å². The first-order chi connectivity index (χ1) is 9.15. The summed E-state index contributed by atoms with van der Waals surface area (Å²) >= 11 is 4.74. The molecule has 0 saturated carbocycles. The molecule has 0 aliphatic carbocycles. The van der Waals surface area contributed by atoms with Crippen LogP contribution in [0.15, 0.2) is 24.3 Å². The molecule has 104 valence electrons. The first-order valence-electron chi connectivity index (χ1n) is 5.37. The Bertz CT molecular complexity index is 424. The van der Waals surface area contributed by atoms with Gasteiger partial charge in [-0.2, -0.15) is 0 Å². The van der Waals surface area contributed by atoms with Crippen LogP contribution >= 0.6 is 12.2 Å². The van der Waals surface area contributed by atoms with Crippen LogP contribution in [-0.2, 0) is 16.2 Å². The number of carbonyl (C=O) groups is 1. The van der Waals surface area contributed by atoms with Crippen LogP contribution in [0.3, 0.4) is 0 Å². The molecule has 4 N–H and O–H groups in total. The van der Waals surface area contributed by atoms with Crippen LogP contribution in [0.5, 0.6) is 0 Å². The zero-order valence-corrected chi connectivity index (χ0v) is 11.1. The fraction of sp³-hybridized carbons (Fsp3) is 0.273. The first kappa shape index (κ1) is 15.2. The molecular weight excluding hydrogens is 270 g/mol. The van der Waals surface area contributed by atoms with Crippen LogP contribution in [0, 0.1) is 0 Å². The quantitative estimate of drug-likeness (QED) is 0.282. The molecule has 2 amide bonds. The highest BCUT2D eigenvalue weighted by molar-refractivity contribution is 7.80. The second kappa shape index (κ2) is 8.25. The lowest BCUT2D eigenvalue weighted by atomic mass is 10.2. The molecule has 0 fully saturated rings. The number of hydrogen-bond acceptors (Lipinski definition) is 5. The zero-order valence-electron chi connectivity index (χ0n) is 10.3. The normalized spacial score (nSPS) is 9.58. The Labute approximate surface area is 115 Å². The Morgan fingerprint density at radius 1 is 1.32 bits per heavy atom. The van der Waals surface area contributed by atoms with Crippen molar-refractivity contribution in [2.24, 2.45) is 0 Å². The number of rotatable bonds is 5. The molecular formula is C11H15N3O4S. The summed E-state index contributed by atoms with van der Waals surface area (Å²) in [5.74, 6) is 0. The molecule has 1 aromatic rings. The fourth-order valence-corrected chi connectivity index (χ4v) is 1.28. The summed E-state index contributed by atoms with van der Waals surface area (Å²) in [6, 6.07) is 6.47. The number of anilines is 1. The van der Waals surface area contributed by atoms with E-state index in [1.54, 1.807) is 24.3 Å². The second-order valence-corrected chi connectivity index (χ2v) is 3.82. The molecule has 0 radical (unpaired) electrons. The van der Waals surface area contributed by atoms with Gasteiger partial charge in [-0.15, -0.1) is 0 Å². The maximum atomic E-state index is 11.5. The maximum Gasteiger partial charge on any atom is 0.320 e. The summed E-state index contributed by atoms with van der Waals surface area (Å²) in [5, 5.41) is 16.3. The van der Waals surface area contributed by atoms with Crippen molar-refractivity contribution < 1.29 is 19.7 Å². The lowest BCUT2D eigenvalue weighted by Gasteiger charge is -2.09. The first-order valence-corrected chi connectivity index (χ1v) is 5.78. The summed E-state index contributed by atoms with van der Waals surface area (Å²) < 4.78 is 4.70. The van der Waals surface area contributed by atoms with Crippen molar-refractivity contribution >= 4 is 29.1 Å². The lowest BCUT2D eigenvalue weighted by Crippen LogP contribution is -2.39. The molecule has 0 spiro atoms. The van der Waals surface area contributed by atoms with Crippen molar-refractivity contribution in [2.75, 3.05) is 19.1 Å². The zero-order chi connectivity index (χ0) is 14.1. The summed E-state index contributed by atoms with van der Waals surface area (Å²) in [6.07, 6.45) is 0. The highest BCUT2D eigenvalue weighted by Gasteiger charge is 2.01. The van der Waals surface area contributed by atoms with Gasteiger partial charge in [-0.05, 0) is 29.9 Å². The number of urea groups is 1. The maximum absolute atomic E-state index is 11.5. The molecule has 1 rings (SSSR count). The predicted molar refractivity (Wildman–Crippen MR) is 73.6 cm³/mol. The molecule has 0 aliphatic heterocycles.